The fourth-order valence-corrected chi connectivity index (χ4v) is 1.42. The van der Waals surface area contributed by atoms with Crippen LogP contribution >= 0.6 is 0 Å². The van der Waals surface area contributed by atoms with Crippen LogP contribution < -0.4 is 11.5 Å². The van der Waals surface area contributed by atoms with Gasteiger partial charge in [-0.1, -0.05) is 18.2 Å². The molecule has 0 radical (unpaired) electrons. The van der Waals surface area contributed by atoms with E-state index < -0.39 is 0 Å². The third kappa shape index (κ3) is 1.88. The number of hydrogen-bond donors (Lipinski definition) is 2. The van der Waals surface area contributed by atoms with E-state index in [9.17, 15) is 4.39 Å². The van der Waals surface area contributed by atoms with Gasteiger partial charge in [-0.15, -0.1) is 0 Å². The standard InChI is InChI=1S/C11H10FN3/c12-9-4-2-1-3-8(9)7-5-10(13)15-11(14)6-7/h1-6H,(H4,13,14,15). The van der Waals surface area contributed by atoms with Gasteiger partial charge in [0.15, 0.2) is 0 Å². The maximum Gasteiger partial charge on any atom is 0.131 e. The van der Waals surface area contributed by atoms with E-state index in [0.717, 1.165) is 0 Å². The summed E-state index contributed by atoms with van der Waals surface area (Å²) in [4.78, 5) is 3.82. The summed E-state index contributed by atoms with van der Waals surface area (Å²) in [6.45, 7) is 0. The number of halogens is 1. The van der Waals surface area contributed by atoms with Crippen molar-refractivity contribution in [3.05, 3.63) is 42.2 Å². The van der Waals surface area contributed by atoms with E-state index in [1.165, 1.54) is 6.07 Å². The van der Waals surface area contributed by atoms with Gasteiger partial charge in [-0.05, 0) is 23.8 Å². The lowest BCUT2D eigenvalue weighted by molar-refractivity contribution is 0.631. The van der Waals surface area contributed by atoms with Crippen molar-refractivity contribution in [2.45, 2.75) is 0 Å². The highest BCUT2D eigenvalue weighted by molar-refractivity contribution is 5.69. The van der Waals surface area contributed by atoms with Crippen molar-refractivity contribution in [1.82, 2.24) is 4.98 Å². The highest BCUT2D eigenvalue weighted by Gasteiger charge is 2.05. The first-order valence-electron chi connectivity index (χ1n) is 4.45. The van der Waals surface area contributed by atoms with E-state index in [1.54, 1.807) is 30.3 Å². The number of rotatable bonds is 1. The molecule has 2 aromatic rings. The van der Waals surface area contributed by atoms with Crippen molar-refractivity contribution >= 4 is 11.6 Å². The number of aromatic nitrogens is 1. The Hall–Kier alpha value is -2.10. The molecule has 0 saturated carbocycles. The van der Waals surface area contributed by atoms with Gasteiger partial charge < -0.3 is 11.5 Å². The van der Waals surface area contributed by atoms with Crippen LogP contribution in [0.5, 0.6) is 0 Å². The molecule has 0 aliphatic heterocycles. The van der Waals surface area contributed by atoms with E-state index in [0.29, 0.717) is 11.1 Å². The Bertz CT molecular complexity index is 477. The number of nitrogens with zero attached hydrogens (tertiary/aromatic N) is 1. The second-order valence-electron chi connectivity index (χ2n) is 3.19. The molecular formula is C11H10FN3. The molecule has 4 N–H and O–H groups in total. The highest BCUT2D eigenvalue weighted by Crippen LogP contribution is 2.24. The summed E-state index contributed by atoms with van der Waals surface area (Å²) in [6, 6.07) is 9.63. The minimum Gasteiger partial charge on any atom is -0.384 e. The van der Waals surface area contributed by atoms with Crippen molar-refractivity contribution in [1.29, 1.82) is 0 Å². The Morgan fingerprint density at radius 1 is 1.00 bits per heavy atom. The zero-order valence-corrected chi connectivity index (χ0v) is 7.94. The van der Waals surface area contributed by atoms with Gasteiger partial charge in [-0.3, -0.25) is 0 Å². The number of benzene rings is 1. The van der Waals surface area contributed by atoms with Crippen LogP contribution in [-0.4, -0.2) is 4.98 Å². The lowest BCUT2D eigenvalue weighted by Crippen LogP contribution is -1.97. The van der Waals surface area contributed by atoms with E-state index in [-0.39, 0.29) is 17.5 Å². The summed E-state index contributed by atoms with van der Waals surface area (Å²) in [5, 5.41) is 0. The van der Waals surface area contributed by atoms with Crippen LogP contribution in [-0.2, 0) is 0 Å². The van der Waals surface area contributed by atoms with Crippen LogP contribution in [0, 0.1) is 5.82 Å². The fourth-order valence-electron chi connectivity index (χ4n) is 1.42. The second-order valence-corrected chi connectivity index (χ2v) is 3.19. The molecule has 2 rings (SSSR count). The molecule has 0 spiro atoms. The quantitative estimate of drug-likeness (QED) is 0.745. The van der Waals surface area contributed by atoms with Crippen LogP contribution in [0.1, 0.15) is 0 Å². The summed E-state index contributed by atoms with van der Waals surface area (Å²) in [7, 11) is 0. The molecular weight excluding hydrogens is 193 g/mol. The van der Waals surface area contributed by atoms with E-state index in [4.69, 9.17) is 11.5 Å². The number of nitrogens with two attached hydrogens (primary N) is 2. The monoisotopic (exact) mass is 203 g/mol. The van der Waals surface area contributed by atoms with Crippen LogP contribution in [0.2, 0.25) is 0 Å². The fraction of sp³-hybridized carbons (Fsp3) is 0. The zero-order chi connectivity index (χ0) is 10.8. The Morgan fingerprint density at radius 2 is 1.60 bits per heavy atom. The van der Waals surface area contributed by atoms with Gasteiger partial charge in [-0.25, -0.2) is 9.37 Å². The minimum absolute atomic E-state index is 0.285. The van der Waals surface area contributed by atoms with Crippen molar-refractivity contribution in [3.8, 4) is 11.1 Å². The Kier molecular flexibility index (Phi) is 2.25. The van der Waals surface area contributed by atoms with Gasteiger partial charge in [0, 0.05) is 5.56 Å². The molecule has 1 aromatic carbocycles. The van der Waals surface area contributed by atoms with E-state index >= 15 is 0 Å². The summed E-state index contributed by atoms with van der Waals surface area (Å²) in [5.41, 5.74) is 12.2. The molecule has 0 aliphatic rings. The first-order valence-corrected chi connectivity index (χ1v) is 4.45. The second kappa shape index (κ2) is 3.57. The molecule has 4 heteroatoms. The van der Waals surface area contributed by atoms with Crippen LogP contribution in [0.15, 0.2) is 36.4 Å². The molecule has 15 heavy (non-hydrogen) atoms. The number of anilines is 2. The molecule has 0 aliphatic carbocycles. The predicted molar refractivity (Wildman–Crippen MR) is 58.5 cm³/mol. The summed E-state index contributed by atoms with van der Waals surface area (Å²) < 4.78 is 13.4. The molecule has 3 nitrogen and oxygen atoms in total. The van der Waals surface area contributed by atoms with Gasteiger partial charge in [0.2, 0.25) is 0 Å². The molecule has 0 fully saturated rings. The summed E-state index contributed by atoms with van der Waals surface area (Å²) in [6.07, 6.45) is 0. The highest BCUT2D eigenvalue weighted by atomic mass is 19.1. The van der Waals surface area contributed by atoms with Gasteiger partial charge in [0.25, 0.3) is 0 Å². The molecule has 0 amide bonds. The number of pyridine rings is 1. The molecule has 1 heterocycles. The Morgan fingerprint density at radius 3 is 2.20 bits per heavy atom. The third-order valence-corrected chi connectivity index (χ3v) is 2.05. The third-order valence-electron chi connectivity index (χ3n) is 2.05. The summed E-state index contributed by atoms with van der Waals surface area (Å²) in [5.74, 6) is 0.268. The largest absolute Gasteiger partial charge is 0.384 e. The molecule has 0 unspecified atom stereocenters. The Labute approximate surface area is 86.6 Å². The number of hydrogen-bond acceptors (Lipinski definition) is 3. The minimum atomic E-state index is -0.303. The maximum absolute atomic E-state index is 13.4. The van der Waals surface area contributed by atoms with Gasteiger partial charge >= 0.3 is 0 Å². The summed E-state index contributed by atoms with van der Waals surface area (Å²) >= 11 is 0. The molecule has 0 atom stereocenters. The maximum atomic E-state index is 13.4. The lowest BCUT2D eigenvalue weighted by atomic mass is 10.1. The molecule has 0 saturated heterocycles. The molecule has 1 aromatic heterocycles. The first-order chi connectivity index (χ1) is 7.16. The topological polar surface area (TPSA) is 64.9 Å². The van der Waals surface area contributed by atoms with Crippen molar-refractivity contribution in [2.75, 3.05) is 11.5 Å². The average molecular weight is 203 g/mol. The van der Waals surface area contributed by atoms with Gasteiger partial charge in [0.1, 0.15) is 17.5 Å². The van der Waals surface area contributed by atoms with Crippen LogP contribution in [0.25, 0.3) is 11.1 Å². The smallest absolute Gasteiger partial charge is 0.131 e. The van der Waals surface area contributed by atoms with Crippen molar-refractivity contribution in [3.63, 3.8) is 0 Å². The van der Waals surface area contributed by atoms with Crippen LogP contribution in [0.4, 0.5) is 16.0 Å². The molecule has 0 bridgehead atoms. The van der Waals surface area contributed by atoms with Crippen LogP contribution in [0.3, 0.4) is 0 Å². The normalized spacial score (nSPS) is 10.2. The Balaban J connectivity index is 2.59. The lowest BCUT2D eigenvalue weighted by Gasteiger charge is -2.05. The SMILES string of the molecule is Nc1cc(-c2ccccc2F)cc(N)n1. The average Bonchev–Trinajstić information content (AvgIpc) is 2.16. The van der Waals surface area contributed by atoms with Crippen molar-refractivity contribution in [2.24, 2.45) is 0 Å². The number of nitrogen functional groups attached to an aromatic ring is 2. The zero-order valence-electron chi connectivity index (χ0n) is 7.94. The molecule has 76 valence electrons. The van der Waals surface area contributed by atoms with Gasteiger partial charge in [-0.2, -0.15) is 0 Å². The van der Waals surface area contributed by atoms with Gasteiger partial charge in [0.05, 0.1) is 0 Å². The van der Waals surface area contributed by atoms with E-state index in [2.05, 4.69) is 4.98 Å². The van der Waals surface area contributed by atoms with E-state index in [1.807, 2.05) is 0 Å². The van der Waals surface area contributed by atoms with Crippen molar-refractivity contribution < 1.29 is 4.39 Å². The first kappa shape index (κ1) is 9.45. The predicted octanol–water partition coefficient (Wildman–Crippen LogP) is 2.05.